The largest absolute Gasteiger partial charge is 0.495 e. The molecule has 1 aromatic heterocycles. The smallest absolute Gasteiger partial charge is 0.238 e. The van der Waals surface area contributed by atoms with E-state index in [1.165, 1.54) is 15.6 Å². The van der Waals surface area contributed by atoms with E-state index in [1.807, 2.05) is 0 Å². The summed E-state index contributed by atoms with van der Waals surface area (Å²) in [7, 11) is 3.09. The Kier molecular flexibility index (Phi) is 6.97. The van der Waals surface area contributed by atoms with Crippen LogP contribution in [0.15, 0.2) is 41.8 Å². The number of amides is 1. The quantitative estimate of drug-likeness (QED) is 0.570. The van der Waals surface area contributed by atoms with E-state index in [0.717, 1.165) is 32.7 Å². The number of halogens is 1. The summed E-state index contributed by atoms with van der Waals surface area (Å²) in [5, 5.41) is 6.95. The zero-order chi connectivity index (χ0) is 21.8. The van der Waals surface area contributed by atoms with Gasteiger partial charge in [0.15, 0.2) is 0 Å². The molecule has 0 atom stereocenters. The highest BCUT2D eigenvalue weighted by Gasteiger charge is 2.21. The van der Waals surface area contributed by atoms with Gasteiger partial charge in [-0.3, -0.25) is 14.6 Å². The molecule has 0 unspecified atom stereocenters. The van der Waals surface area contributed by atoms with Gasteiger partial charge >= 0.3 is 0 Å². The summed E-state index contributed by atoms with van der Waals surface area (Å²) >= 11 is 8.00. The molecule has 4 rings (SSSR count). The van der Waals surface area contributed by atoms with Crippen LogP contribution in [0, 0.1) is 0 Å². The molecule has 6 nitrogen and oxygen atoms in total. The molecule has 8 heteroatoms. The molecule has 2 heterocycles. The molecule has 2 aromatic carbocycles. The van der Waals surface area contributed by atoms with E-state index in [2.05, 4.69) is 44.8 Å². The normalized spacial score (nSPS) is 15.2. The van der Waals surface area contributed by atoms with Gasteiger partial charge in [-0.1, -0.05) is 29.8 Å². The van der Waals surface area contributed by atoms with Gasteiger partial charge in [0.1, 0.15) is 11.5 Å². The Morgan fingerprint density at radius 1 is 1.06 bits per heavy atom. The van der Waals surface area contributed by atoms with Crippen molar-refractivity contribution in [2.45, 2.75) is 6.54 Å². The molecule has 0 aliphatic carbocycles. The van der Waals surface area contributed by atoms with Crippen molar-refractivity contribution in [3.63, 3.8) is 0 Å². The van der Waals surface area contributed by atoms with Gasteiger partial charge in [0.2, 0.25) is 5.91 Å². The Morgan fingerprint density at radius 3 is 2.52 bits per heavy atom. The van der Waals surface area contributed by atoms with Crippen LogP contribution < -0.4 is 14.8 Å². The van der Waals surface area contributed by atoms with Crippen molar-refractivity contribution in [2.24, 2.45) is 0 Å². The Balaban J connectivity index is 1.30. The predicted molar refractivity (Wildman–Crippen MR) is 127 cm³/mol. The van der Waals surface area contributed by atoms with E-state index >= 15 is 0 Å². The lowest BCUT2D eigenvalue weighted by molar-refractivity contribution is -0.117. The minimum Gasteiger partial charge on any atom is -0.495 e. The summed E-state index contributed by atoms with van der Waals surface area (Å²) in [6.07, 6.45) is 0. The van der Waals surface area contributed by atoms with Crippen LogP contribution >= 0.6 is 22.9 Å². The van der Waals surface area contributed by atoms with Crippen molar-refractivity contribution < 1.29 is 14.3 Å². The first-order valence-electron chi connectivity index (χ1n) is 10.2. The fourth-order valence-corrected chi connectivity index (χ4v) is 5.05. The molecule has 1 amide bonds. The third-order valence-corrected chi connectivity index (χ3v) is 6.84. The monoisotopic (exact) mass is 459 g/mol. The van der Waals surface area contributed by atoms with E-state index < -0.39 is 0 Å². The Hall–Kier alpha value is -2.32. The van der Waals surface area contributed by atoms with Crippen LogP contribution in [0.5, 0.6) is 11.5 Å². The zero-order valence-corrected chi connectivity index (χ0v) is 19.3. The molecule has 31 heavy (non-hydrogen) atoms. The van der Waals surface area contributed by atoms with Gasteiger partial charge in [0.05, 0.1) is 31.5 Å². The molecule has 0 bridgehead atoms. The topological polar surface area (TPSA) is 54.0 Å². The van der Waals surface area contributed by atoms with Crippen molar-refractivity contribution in [2.75, 3.05) is 52.3 Å². The lowest BCUT2D eigenvalue weighted by atomic mass is 10.1. The number of anilines is 1. The summed E-state index contributed by atoms with van der Waals surface area (Å²) in [6.45, 7) is 4.88. The average molecular weight is 460 g/mol. The molecule has 0 saturated carbocycles. The maximum atomic E-state index is 12.6. The number of hydrogen-bond acceptors (Lipinski definition) is 6. The minimum absolute atomic E-state index is 0.0863. The number of carbonyl (C=O) groups is 1. The lowest BCUT2D eigenvalue weighted by Crippen LogP contribution is -2.48. The first-order valence-corrected chi connectivity index (χ1v) is 11.4. The molecule has 1 aliphatic rings. The van der Waals surface area contributed by atoms with Crippen molar-refractivity contribution in [1.29, 1.82) is 0 Å². The van der Waals surface area contributed by atoms with Crippen LogP contribution in [0.4, 0.5) is 5.69 Å². The maximum Gasteiger partial charge on any atom is 0.238 e. The van der Waals surface area contributed by atoms with E-state index in [0.29, 0.717) is 28.8 Å². The van der Waals surface area contributed by atoms with Crippen LogP contribution in [0.1, 0.15) is 5.56 Å². The number of rotatable bonds is 7. The van der Waals surface area contributed by atoms with E-state index in [1.54, 1.807) is 37.7 Å². The number of piperazine rings is 1. The van der Waals surface area contributed by atoms with Gasteiger partial charge < -0.3 is 14.8 Å². The first-order chi connectivity index (χ1) is 15.1. The molecule has 1 saturated heterocycles. The maximum absolute atomic E-state index is 12.6. The molecule has 1 aliphatic heterocycles. The molecule has 0 radical (unpaired) electrons. The molecule has 3 aromatic rings. The molecule has 164 valence electrons. The highest BCUT2D eigenvalue weighted by atomic mass is 35.5. The van der Waals surface area contributed by atoms with Gasteiger partial charge in [-0.2, -0.15) is 0 Å². The number of ether oxygens (including phenoxy) is 2. The highest BCUT2D eigenvalue weighted by Crippen LogP contribution is 2.35. The SMILES string of the molecule is COc1cc(OC)c(NC(=O)CN2CCN(Cc3csc4ccccc34)CC2)cc1Cl. The second-order valence-electron chi connectivity index (χ2n) is 7.54. The van der Waals surface area contributed by atoms with E-state index in [4.69, 9.17) is 21.1 Å². The van der Waals surface area contributed by atoms with E-state index in [-0.39, 0.29) is 5.91 Å². The van der Waals surface area contributed by atoms with E-state index in [9.17, 15) is 4.79 Å². The average Bonchev–Trinajstić information content (AvgIpc) is 3.18. The lowest BCUT2D eigenvalue weighted by Gasteiger charge is -2.34. The molecular formula is C23H26ClN3O3S. The third kappa shape index (κ3) is 5.13. The van der Waals surface area contributed by atoms with Crippen LogP contribution in [-0.2, 0) is 11.3 Å². The summed E-state index contributed by atoms with van der Waals surface area (Å²) in [5.41, 5.74) is 1.93. The molecular weight excluding hydrogens is 434 g/mol. The van der Waals surface area contributed by atoms with Crippen LogP contribution in [0.3, 0.4) is 0 Å². The van der Waals surface area contributed by atoms with Gasteiger partial charge in [0.25, 0.3) is 0 Å². The number of nitrogens with zero attached hydrogens (tertiary/aromatic N) is 2. The number of thiophene rings is 1. The highest BCUT2D eigenvalue weighted by molar-refractivity contribution is 7.17. The zero-order valence-electron chi connectivity index (χ0n) is 17.7. The summed E-state index contributed by atoms with van der Waals surface area (Å²) in [5.74, 6) is 0.935. The van der Waals surface area contributed by atoms with Crippen molar-refractivity contribution >= 4 is 44.6 Å². The van der Waals surface area contributed by atoms with Gasteiger partial charge in [-0.15, -0.1) is 11.3 Å². The Morgan fingerprint density at radius 2 is 1.77 bits per heavy atom. The Labute approximate surface area is 191 Å². The minimum atomic E-state index is -0.0863. The summed E-state index contributed by atoms with van der Waals surface area (Å²) in [4.78, 5) is 17.2. The fraction of sp³-hybridized carbons (Fsp3) is 0.348. The van der Waals surface area contributed by atoms with Crippen molar-refractivity contribution in [3.05, 3.63) is 52.4 Å². The number of methoxy groups -OCH3 is 2. The van der Waals surface area contributed by atoms with Gasteiger partial charge in [-0.05, 0) is 28.5 Å². The first kappa shape index (κ1) is 21.9. The van der Waals surface area contributed by atoms with Crippen molar-refractivity contribution in [1.82, 2.24) is 9.80 Å². The standard InChI is InChI=1S/C23H26ClN3O3S/c1-29-20-12-21(30-2)19(11-18(20)24)25-23(28)14-27-9-7-26(8-10-27)13-16-15-31-22-6-4-3-5-17(16)22/h3-6,11-12,15H,7-10,13-14H2,1-2H3,(H,25,28). The van der Waals surface area contributed by atoms with Crippen LogP contribution in [-0.4, -0.2) is 62.7 Å². The van der Waals surface area contributed by atoms with Gasteiger partial charge in [-0.25, -0.2) is 0 Å². The fourth-order valence-electron chi connectivity index (χ4n) is 3.85. The number of carbonyl (C=O) groups excluding carboxylic acids is 1. The summed E-state index contributed by atoms with van der Waals surface area (Å²) < 4.78 is 11.9. The number of nitrogens with one attached hydrogen (secondary N) is 1. The van der Waals surface area contributed by atoms with Gasteiger partial charge in [0, 0.05) is 43.5 Å². The predicted octanol–water partition coefficient (Wildman–Crippen LogP) is 4.33. The molecule has 1 N–H and O–H groups in total. The van der Waals surface area contributed by atoms with Crippen LogP contribution in [0.2, 0.25) is 5.02 Å². The number of benzene rings is 2. The van der Waals surface area contributed by atoms with Crippen molar-refractivity contribution in [3.8, 4) is 11.5 Å². The second-order valence-corrected chi connectivity index (χ2v) is 8.86. The second kappa shape index (κ2) is 9.87. The Bertz CT molecular complexity index is 1060. The number of hydrogen-bond donors (Lipinski definition) is 1. The number of fused-ring (bicyclic) bond motifs is 1. The molecule has 1 fully saturated rings. The third-order valence-electron chi connectivity index (χ3n) is 5.54. The molecule has 0 spiro atoms. The van der Waals surface area contributed by atoms with Crippen LogP contribution in [0.25, 0.3) is 10.1 Å². The summed E-state index contributed by atoms with van der Waals surface area (Å²) in [6, 6.07) is 11.9.